The third-order valence-electron chi connectivity index (χ3n) is 7.93. The van der Waals surface area contributed by atoms with Gasteiger partial charge in [0.1, 0.15) is 12.4 Å². The molecule has 1 saturated heterocycles. The van der Waals surface area contributed by atoms with Gasteiger partial charge in [0.05, 0.1) is 12.0 Å². The van der Waals surface area contributed by atoms with Gasteiger partial charge in [-0.1, -0.05) is 18.2 Å². The second-order valence-corrected chi connectivity index (χ2v) is 10.3. The van der Waals surface area contributed by atoms with Crippen LogP contribution in [0.15, 0.2) is 42.5 Å². The molecule has 5 amide bonds. The Morgan fingerprint density at radius 2 is 1.76 bits per heavy atom. The molecular weight excluding hydrogens is 491 g/mol. The Kier molecular flexibility index (Phi) is 7.05. The molecule has 2 fully saturated rings. The highest BCUT2D eigenvalue weighted by molar-refractivity contribution is 5.99. The highest BCUT2D eigenvalue weighted by Crippen LogP contribution is 2.47. The van der Waals surface area contributed by atoms with E-state index >= 15 is 0 Å². The van der Waals surface area contributed by atoms with E-state index in [4.69, 9.17) is 0 Å². The van der Waals surface area contributed by atoms with Crippen molar-refractivity contribution >= 4 is 29.6 Å². The van der Waals surface area contributed by atoms with E-state index in [1.807, 2.05) is 0 Å². The number of anilines is 1. The number of aryl methyl sites for hydroxylation is 1. The maximum Gasteiger partial charge on any atom is 0.414 e. The monoisotopic (exact) mass is 522 g/mol. The van der Waals surface area contributed by atoms with Gasteiger partial charge in [0.15, 0.2) is 0 Å². The van der Waals surface area contributed by atoms with Gasteiger partial charge in [-0.3, -0.25) is 9.59 Å². The number of carbonyl (C=O) groups excluding carboxylic acids is 3. The number of hydrogen-bond donors (Lipinski definition) is 3. The van der Waals surface area contributed by atoms with Crippen LogP contribution in [-0.2, 0) is 16.0 Å². The van der Waals surface area contributed by atoms with Gasteiger partial charge in [-0.2, -0.15) is 0 Å². The first-order chi connectivity index (χ1) is 18.3. The first-order valence-corrected chi connectivity index (χ1v) is 13.0. The summed E-state index contributed by atoms with van der Waals surface area (Å²) < 4.78 is 13.5. The Morgan fingerprint density at radius 1 is 1.03 bits per heavy atom. The molecular formula is C28H31FN4O5. The van der Waals surface area contributed by atoms with E-state index in [9.17, 15) is 28.7 Å². The van der Waals surface area contributed by atoms with Gasteiger partial charge in [-0.05, 0) is 85.4 Å². The summed E-state index contributed by atoms with van der Waals surface area (Å²) in [5.41, 5.74) is 2.95. The van der Waals surface area contributed by atoms with Crippen molar-refractivity contribution < 1.29 is 28.7 Å². The molecule has 3 N–H and O–H groups in total. The minimum absolute atomic E-state index is 0.0123. The van der Waals surface area contributed by atoms with E-state index < -0.39 is 30.4 Å². The van der Waals surface area contributed by atoms with Crippen molar-refractivity contribution in [3.05, 3.63) is 65.0 Å². The number of likely N-dealkylation sites (tertiary alicyclic amines) is 1. The van der Waals surface area contributed by atoms with E-state index in [1.165, 1.54) is 19.2 Å². The Hall–Kier alpha value is -3.95. The second kappa shape index (κ2) is 10.4. The summed E-state index contributed by atoms with van der Waals surface area (Å²) in [5.74, 6) is -1.71. The molecule has 2 aromatic rings. The minimum Gasteiger partial charge on any atom is -0.465 e. The predicted octanol–water partition coefficient (Wildman–Crippen LogP) is 4.26. The maximum absolute atomic E-state index is 13.6. The van der Waals surface area contributed by atoms with Gasteiger partial charge >= 0.3 is 12.1 Å². The number of urea groups is 1. The summed E-state index contributed by atoms with van der Waals surface area (Å²) in [5, 5.41) is 15.1. The van der Waals surface area contributed by atoms with Crippen LogP contribution in [0.25, 0.3) is 0 Å². The molecule has 3 atom stereocenters. The van der Waals surface area contributed by atoms with Crippen molar-refractivity contribution in [2.45, 2.75) is 56.5 Å². The Bertz CT molecular complexity index is 1260. The van der Waals surface area contributed by atoms with Crippen LogP contribution in [0.1, 0.15) is 60.8 Å². The normalized spacial score (nSPS) is 22.1. The molecule has 9 nitrogen and oxygen atoms in total. The van der Waals surface area contributed by atoms with Gasteiger partial charge in [0, 0.05) is 18.8 Å². The average Bonchev–Trinajstić information content (AvgIpc) is 3.51. The molecule has 3 aliphatic rings. The van der Waals surface area contributed by atoms with E-state index in [2.05, 4.69) is 10.6 Å². The number of carboxylic acid groups (broad SMARTS) is 1. The summed E-state index contributed by atoms with van der Waals surface area (Å²) in [7, 11) is 1.51. The van der Waals surface area contributed by atoms with E-state index in [0.717, 1.165) is 30.4 Å². The van der Waals surface area contributed by atoms with Crippen LogP contribution in [0.2, 0.25) is 0 Å². The van der Waals surface area contributed by atoms with Crippen molar-refractivity contribution in [3.63, 3.8) is 0 Å². The van der Waals surface area contributed by atoms with Crippen LogP contribution < -0.4 is 10.6 Å². The molecule has 10 heteroatoms. The topological polar surface area (TPSA) is 119 Å². The second-order valence-electron chi connectivity index (χ2n) is 10.3. The molecule has 38 heavy (non-hydrogen) atoms. The summed E-state index contributed by atoms with van der Waals surface area (Å²) >= 11 is 0. The lowest BCUT2D eigenvalue weighted by Gasteiger charge is -2.33. The molecule has 0 bridgehead atoms. The quantitative estimate of drug-likeness (QED) is 0.524. The maximum atomic E-state index is 13.6. The fraction of sp³-hybridized carbons (Fsp3) is 0.429. The van der Waals surface area contributed by atoms with Crippen molar-refractivity contribution in [1.82, 2.24) is 15.1 Å². The van der Waals surface area contributed by atoms with E-state index in [0.29, 0.717) is 41.3 Å². The number of amides is 5. The molecule has 5 rings (SSSR count). The minimum atomic E-state index is -1.46. The van der Waals surface area contributed by atoms with Gasteiger partial charge < -0.3 is 20.6 Å². The molecule has 0 aromatic heterocycles. The van der Waals surface area contributed by atoms with Crippen LogP contribution in [0.5, 0.6) is 0 Å². The molecule has 1 saturated carbocycles. The highest BCUT2D eigenvalue weighted by Gasteiger charge is 2.46. The first-order valence-electron chi connectivity index (χ1n) is 13.0. The van der Waals surface area contributed by atoms with Crippen molar-refractivity contribution in [2.75, 3.05) is 18.9 Å². The Balaban J connectivity index is 1.34. The highest BCUT2D eigenvalue weighted by atomic mass is 19.1. The number of halogens is 1. The number of nitrogens with zero attached hydrogens (tertiary/aromatic N) is 2. The fourth-order valence-electron chi connectivity index (χ4n) is 5.94. The number of nitrogens with one attached hydrogen (secondary N) is 2. The number of rotatable bonds is 6. The van der Waals surface area contributed by atoms with Crippen molar-refractivity contribution in [2.24, 2.45) is 5.92 Å². The number of benzene rings is 2. The first kappa shape index (κ1) is 25.7. The third-order valence-corrected chi connectivity index (χ3v) is 7.93. The summed E-state index contributed by atoms with van der Waals surface area (Å²) in [6.45, 7) is -0.558. The van der Waals surface area contributed by atoms with Crippen LogP contribution in [0.3, 0.4) is 0 Å². The molecule has 0 unspecified atom stereocenters. The SMILES string of the molecule is CNC(=O)Nc1ccc2c(c1)CC[C@@H]2C(=O)N(CC(=O)N1[C@@H](C2CC2)CC[C@H]1c1ccc(F)cc1)C(=O)O. The molecule has 0 radical (unpaired) electrons. The van der Waals surface area contributed by atoms with Crippen LogP contribution in [0.4, 0.5) is 19.7 Å². The third kappa shape index (κ3) is 5.07. The Labute approximate surface area is 220 Å². The van der Waals surface area contributed by atoms with Gasteiger partial charge in [-0.15, -0.1) is 0 Å². The van der Waals surface area contributed by atoms with Gasteiger partial charge in [0.25, 0.3) is 0 Å². The standard InChI is InChI=1S/C28H31FN4O5/c1-30-27(36)31-20-9-11-21-18(14-20)6-10-22(21)26(35)32(28(37)38)15-25(34)33-23(16-2-3-16)12-13-24(33)17-4-7-19(29)8-5-17/h4-5,7-9,11,14,16,22-24H,2-3,6,10,12-13,15H2,1H3,(H,37,38)(H2,30,31,36)/t22-,23+,24-/m0/s1. The predicted molar refractivity (Wildman–Crippen MR) is 137 cm³/mol. The largest absolute Gasteiger partial charge is 0.465 e. The van der Waals surface area contributed by atoms with E-state index in [1.54, 1.807) is 35.2 Å². The van der Waals surface area contributed by atoms with Crippen LogP contribution in [-0.4, -0.2) is 58.5 Å². The number of fused-ring (bicyclic) bond motifs is 1. The molecule has 1 aliphatic heterocycles. The molecule has 2 aromatic carbocycles. The Morgan fingerprint density at radius 3 is 2.42 bits per heavy atom. The lowest BCUT2D eigenvalue weighted by atomic mass is 9.99. The molecule has 2 aliphatic carbocycles. The van der Waals surface area contributed by atoms with Gasteiger partial charge in [0.2, 0.25) is 11.8 Å². The molecule has 0 spiro atoms. The van der Waals surface area contributed by atoms with Crippen molar-refractivity contribution in [1.29, 1.82) is 0 Å². The van der Waals surface area contributed by atoms with Crippen molar-refractivity contribution in [3.8, 4) is 0 Å². The summed E-state index contributed by atoms with van der Waals surface area (Å²) in [4.78, 5) is 53.4. The average molecular weight is 523 g/mol. The van der Waals surface area contributed by atoms with Crippen LogP contribution >= 0.6 is 0 Å². The van der Waals surface area contributed by atoms with Crippen LogP contribution in [0, 0.1) is 11.7 Å². The number of imide groups is 1. The zero-order valence-electron chi connectivity index (χ0n) is 21.2. The fourth-order valence-corrected chi connectivity index (χ4v) is 5.94. The molecule has 1 heterocycles. The number of carbonyl (C=O) groups is 4. The zero-order chi connectivity index (χ0) is 27.0. The van der Waals surface area contributed by atoms with E-state index in [-0.39, 0.29) is 23.9 Å². The van der Waals surface area contributed by atoms with Gasteiger partial charge in [-0.25, -0.2) is 18.9 Å². The smallest absolute Gasteiger partial charge is 0.414 e. The summed E-state index contributed by atoms with van der Waals surface area (Å²) in [6.07, 6.45) is 3.05. The zero-order valence-corrected chi connectivity index (χ0v) is 21.2. The lowest BCUT2D eigenvalue weighted by Crippen LogP contribution is -2.48. The number of hydrogen-bond acceptors (Lipinski definition) is 4. The lowest BCUT2D eigenvalue weighted by molar-refractivity contribution is -0.141. The molecule has 200 valence electrons. The summed E-state index contributed by atoms with van der Waals surface area (Å²) in [6, 6.07) is 10.6.